The number of Topliss-reactive ketones (excluding diaryl/α,β-unsaturated/α-hetero) is 2. The Labute approximate surface area is 209 Å². The molecule has 0 heterocycles. The largest absolute Gasteiger partial charge is 0.416 e. The number of carbonyl (C=O) groups excluding carboxylic acids is 2. The first kappa shape index (κ1) is 27.9. The van der Waals surface area contributed by atoms with Gasteiger partial charge < -0.3 is 0 Å². The molecule has 4 aliphatic carbocycles. The molecule has 6 atom stereocenters. The van der Waals surface area contributed by atoms with Crippen molar-refractivity contribution in [3.05, 3.63) is 0 Å². The van der Waals surface area contributed by atoms with E-state index in [-0.39, 0.29) is 23.2 Å². The molecular formula is C23H33F4NO6S2. The summed E-state index contributed by atoms with van der Waals surface area (Å²) in [7, 11) is -12.8. The van der Waals surface area contributed by atoms with Crippen LogP contribution in [0.15, 0.2) is 0 Å². The number of sulfonamides is 2. The van der Waals surface area contributed by atoms with Crippen LogP contribution in [0, 0.1) is 40.4 Å². The van der Waals surface area contributed by atoms with Gasteiger partial charge in [-0.2, -0.15) is 17.6 Å². The molecule has 6 unspecified atom stereocenters. The highest BCUT2D eigenvalue weighted by Gasteiger charge is 2.64. The summed E-state index contributed by atoms with van der Waals surface area (Å²) in [6.07, 6.45) is 3.24. The lowest BCUT2D eigenvalue weighted by Crippen LogP contribution is -2.54. The zero-order valence-electron chi connectivity index (χ0n) is 20.5. The van der Waals surface area contributed by atoms with E-state index in [1.54, 1.807) is 0 Å². The lowest BCUT2D eigenvalue weighted by molar-refractivity contribution is -0.135. The number of nitrogens with one attached hydrogen (secondary N) is 1. The Balaban J connectivity index is 1.46. The summed E-state index contributed by atoms with van der Waals surface area (Å²) >= 11 is 0. The van der Waals surface area contributed by atoms with Crippen LogP contribution in [0.1, 0.15) is 78.6 Å². The first-order chi connectivity index (χ1) is 16.3. The summed E-state index contributed by atoms with van der Waals surface area (Å²) in [4.78, 5) is 24.6. The summed E-state index contributed by atoms with van der Waals surface area (Å²) in [6.45, 7) is 5.79. The highest BCUT2D eigenvalue weighted by molar-refractivity contribution is 8.06. The molecule has 36 heavy (non-hydrogen) atoms. The van der Waals surface area contributed by atoms with Crippen LogP contribution >= 0.6 is 0 Å². The van der Waals surface area contributed by atoms with Gasteiger partial charge in [-0.3, -0.25) is 9.59 Å². The van der Waals surface area contributed by atoms with Crippen molar-refractivity contribution in [3.63, 3.8) is 0 Å². The minimum atomic E-state index is -6.43. The fourth-order valence-corrected chi connectivity index (χ4v) is 10.3. The molecule has 4 aliphatic rings. The average molecular weight is 560 g/mol. The van der Waals surface area contributed by atoms with Crippen LogP contribution in [0.3, 0.4) is 0 Å². The van der Waals surface area contributed by atoms with E-state index in [1.165, 1.54) is 0 Å². The summed E-state index contributed by atoms with van der Waals surface area (Å²) in [5, 5.41) is -10.5. The minimum absolute atomic E-state index is 0.00814. The summed E-state index contributed by atoms with van der Waals surface area (Å²) in [6, 6.07) is 0. The van der Waals surface area contributed by atoms with Gasteiger partial charge >= 0.3 is 10.5 Å². The predicted octanol–water partition coefficient (Wildman–Crippen LogP) is 4.24. The molecule has 0 amide bonds. The van der Waals surface area contributed by atoms with Gasteiger partial charge in [0.05, 0.1) is 0 Å². The van der Waals surface area contributed by atoms with Crippen molar-refractivity contribution in [2.75, 3.05) is 0 Å². The third-order valence-electron chi connectivity index (χ3n) is 10.3. The van der Waals surface area contributed by atoms with Crippen LogP contribution in [0.25, 0.3) is 0 Å². The van der Waals surface area contributed by atoms with Crippen LogP contribution in [0.4, 0.5) is 17.6 Å². The number of halogens is 4. The fraction of sp³-hybridized carbons (Fsp3) is 0.913. The quantitative estimate of drug-likeness (QED) is 0.401. The monoisotopic (exact) mass is 559 g/mol. The SMILES string of the molecule is CC1(C)C2CCC1(C)C(CC(=O)C(F)(F)S(=O)(=O)NS(=O)(=O)C(F)(F)C(=O)CC1CC3CCC1C3)C2. The molecule has 0 aliphatic heterocycles. The van der Waals surface area contributed by atoms with E-state index in [0.29, 0.717) is 23.4 Å². The smallest absolute Gasteiger partial charge is 0.292 e. The number of rotatable bonds is 10. The number of hydrogen-bond acceptors (Lipinski definition) is 6. The average Bonchev–Trinajstić information content (AvgIpc) is 3.45. The van der Waals surface area contributed by atoms with E-state index in [0.717, 1.165) is 25.7 Å². The molecule has 4 fully saturated rings. The van der Waals surface area contributed by atoms with Crippen molar-refractivity contribution >= 4 is 31.6 Å². The lowest BCUT2D eigenvalue weighted by Gasteiger charge is -2.39. The molecule has 0 radical (unpaired) electrons. The molecule has 0 aromatic heterocycles. The van der Waals surface area contributed by atoms with Crippen LogP contribution < -0.4 is 4.13 Å². The van der Waals surface area contributed by atoms with Gasteiger partial charge in [-0.25, -0.2) is 16.8 Å². The van der Waals surface area contributed by atoms with Gasteiger partial charge in [-0.1, -0.05) is 31.3 Å². The number of fused-ring (bicyclic) bond motifs is 4. The molecule has 4 bridgehead atoms. The summed E-state index contributed by atoms with van der Waals surface area (Å²) in [5.41, 5.74) is -0.749. The molecular weight excluding hydrogens is 526 g/mol. The number of alkyl halides is 4. The highest BCUT2D eigenvalue weighted by atomic mass is 32.3. The van der Waals surface area contributed by atoms with E-state index in [1.807, 2.05) is 20.8 Å². The van der Waals surface area contributed by atoms with E-state index >= 15 is 0 Å². The highest BCUT2D eigenvalue weighted by Crippen LogP contribution is 2.69. The molecule has 7 nitrogen and oxygen atoms in total. The second-order valence-corrected chi connectivity index (χ2v) is 15.8. The molecule has 0 aromatic rings. The van der Waals surface area contributed by atoms with Gasteiger partial charge in [0.25, 0.3) is 20.0 Å². The van der Waals surface area contributed by atoms with Crippen molar-refractivity contribution in [1.29, 1.82) is 0 Å². The Kier molecular flexibility index (Phi) is 6.57. The fourth-order valence-electron chi connectivity index (χ4n) is 7.55. The van der Waals surface area contributed by atoms with Gasteiger partial charge in [0.2, 0.25) is 11.6 Å². The molecule has 0 spiro atoms. The Morgan fingerprint density at radius 3 is 1.81 bits per heavy atom. The molecule has 1 N–H and O–H groups in total. The van der Waals surface area contributed by atoms with Gasteiger partial charge in [-0.15, -0.1) is 0 Å². The minimum Gasteiger partial charge on any atom is -0.292 e. The molecule has 4 saturated carbocycles. The van der Waals surface area contributed by atoms with Crippen LogP contribution in [-0.4, -0.2) is 38.9 Å². The number of ketones is 2. The second-order valence-electron chi connectivity index (χ2n) is 12.1. The summed E-state index contributed by atoms with van der Waals surface area (Å²) < 4.78 is 108. The molecule has 13 heteroatoms. The first-order valence-electron chi connectivity index (χ1n) is 12.4. The van der Waals surface area contributed by atoms with Crippen LogP contribution in [0.5, 0.6) is 0 Å². The summed E-state index contributed by atoms with van der Waals surface area (Å²) in [5.74, 6) is -4.65. The van der Waals surface area contributed by atoms with Gasteiger partial charge in [-0.05, 0) is 78.9 Å². The standard InChI is InChI=1S/C23H33F4NO6S2/c1-20(2)16-6-7-21(20,3)17(11-16)12-19(30)23(26,27)36(33,34)28-35(31,32)22(24,25)18(29)10-15-9-13-4-5-14(15)8-13/h13-17,28H,4-12H2,1-3H3. The number of carbonyl (C=O) groups is 2. The maximum atomic E-state index is 14.8. The van der Waals surface area contributed by atoms with Crippen LogP contribution in [-0.2, 0) is 29.6 Å². The van der Waals surface area contributed by atoms with E-state index in [2.05, 4.69) is 0 Å². The van der Waals surface area contributed by atoms with Crippen molar-refractivity contribution in [2.45, 2.75) is 89.1 Å². The van der Waals surface area contributed by atoms with Crippen molar-refractivity contribution in [1.82, 2.24) is 4.13 Å². The zero-order valence-corrected chi connectivity index (χ0v) is 22.2. The molecule has 4 rings (SSSR count). The molecule has 206 valence electrons. The van der Waals surface area contributed by atoms with E-state index in [9.17, 15) is 44.0 Å². The molecule has 0 saturated heterocycles. The first-order valence-corrected chi connectivity index (χ1v) is 15.3. The van der Waals surface area contributed by atoms with Crippen LogP contribution in [0.2, 0.25) is 0 Å². The van der Waals surface area contributed by atoms with Crippen molar-refractivity contribution in [2.24, 2.45) is 40.4 Å². The Hall–Kier alpha value is -1.08. The van der Waals surface area contributed by atoms with Gasteiger partial charge in [0, 0.05) is 12.8 Å². The topological polar surface area (TPSA) is 114 Å². The number of hydrogen-bond donors (Lipinski definition) is 1. The van der Waals surface area contributed by atoms with E-state index in [4.69, 9.17) is 0 Å². The predicted molar refractivity (Wildman–Crippen MR) is 122 cm³/mol. The maximum Gasteiger partial charge on any atom is 0.416 e. The van der Waals surface area contributed by atoms with Gasteiger partial charge in [0.1, 0.15) is 0 Å². The van der Waals surface area contributed by atoms with Gasteiger partial charge in [0.15, 0.2) is 0 Å². The van der Waals surface area contributed by atoms with E-state index < -0.39 is 72.2 Å². The third-order valence-corrected chi connectivity index (χ3v) is 13.8. The second kappa shape index (κ2) is 8.46. The lowest BCUT2D eigenvalue weighted by atomic mass is 9.65. The van der Waals surface area contributed by atoms with Crippen molar-refractivity contribution in [3.8, 4) is 0 Å². The maximum absolute atomic E-state index is 14.8. The zero-order chi connectivity index (χ0) is 27.1. The normalized spacial score (nSPS) is 35.9. The molecule has 0 aromatic carbocycles. The Bertz CT molecular complexity index is 1170. The van der Waals surface area contributed by atoms with Crippen molar-refractivity contribution < 1.29 is 44.0 Å². The third kappa shape index (κ3) is 4.06. The Morgan fingerprint density at radius 1 is 0.833 bits per heavy atom. The Morgan fingerprint density at radius 2 is 1.39 bits per heavy atom.